The highest BCUT2D eigenvalue weighted by atomic mass is 16.5. The molecule has 0 radical (unpaired) electrons. The van der Waals surface area contributed by atoms with E-state index in [0.717, 1.165) is 0 Å². The van der Waals surface area contributed by atoms with Crippen LogP contribution in [0.4, 0.5) is 0 Å². The van der Waals surface area contributed by atoms with Gasteiger partial charge in [0.05, 0.1) is 6.61 Å². The molecule has 0 atom stereocenters. The smallest absolute Gasteiger partial charge is 0.353 e. The molecular formula is C11H16N2O4. The van der Waals surface area contributed by atoms with Crippen LogP contribution in [0, 0.1) is 5.41 Å². The fraction of sp³-hybridized carbons (Fsp3) is 0.727. The van der Waals surface area contributed by atoms with E-state index in [1.807, 2.05) is 13.8 Å². The van der Waals surface area contributed by atoms with Crippen LogP contribution in [-0.4, -0.2) is 40.6 Å². The summed E-state index contributed by atoms with van der Waals surface area (Å²) < 4.78 is 4.81. The number of carbonyl (C=O) groups is 3. The van der Waals surface area contributed by atoms with Crippen molar-refractivity contribution in [3.8, 4) is 0 Å². The lowest BCUT2D eigenvalue weighted by Gasteiger charge is -2.22. The number of amides is 2. The lowest BCUT2D eigenvalue weighted by atomic mass is 9.81. The average molecular weight is 240 g/mol. The number of carbonyl (C=O) groups excluding carboxylic acids is 3. The number of hydrogen-bond acceptors (Lipinski definition) is 4. The molecule has 2 amide bonds. The van der Waals surface area contributed by atoms with Gasteiger partial charge in [-0.05, 0) is 19.8 Å². The minimum absolute atomic E-state index is 0.242. The van der Waals surface area contributed by atoms with E-state index in [4.69, 9.17) is 4.74 Å². The Labute approximate surface area is 99.5 Å². The Balaban J connectivity index is 2.18. The molecule has 0 aliphatic carbocycles. The number of rotatable bonds is 4. The van der Waals surface area contributed by atoms with Crippen LogP contribution in [-0.2, 0) is 19.1 Å². The molecule has 94 valence electrons. The zero-order chi connectivity index (χ0) is 12.8. The average Bonchev–Trinajstić information content (AvgIpc) is 3.01. The zero-order valence-corrected chi connectivity index (χ0v) is 10.2. The number of hydrazine groups is 1. The highest BCUT2D eigenvalue weighted by Gasteiger charge is 2.72. The SMILES string of the molecule is CCOC(=O)C1N2C(=O)C(CC)(CC)C(=O)N12. The van der Waals surface area contributed by atoms with E-state index in [2.05, 4.69) is 0 Å². The van der Waals surface area contributed by atoms with Crippen molar-refractivity contribution in [2.45, 2.75) is 39.8 Å². The van der Waals surface area contributed by atoms with E-state index in [-0.39, 0.29) is 18.4 Å². The molecule has 0 bridgehead atoms. The first-order chi connectivity index (χ1) is 8.05. The Hall–Kier alpha value is -1.59. The Morgan fingerprint density at radius 3 is 2.00 bits per heavy atom. The van der Waals surface area contributed by atoms with E-state index >= 15 is 0 Å². The van der Waals surface area contributed by atoms with E-state index in [0.29, 0.717) is 12.8 Å². The maximum Gasteiger partial charge on any atom is 0.353 e. The van der Waals surface area contributed by atoms with Crippen LogP contribution in [0.5, 0.6) is 0 Å². The van der Waals surface area contributed by atoms with Gasteiger partial charge < -0.3 is 4.74 Å². The molecular weight excluding hydrogens is 224 g/mol. The molecule has 6 nitrogen and oxygen atoms in total. The number of nitrogens with zero attached hydrogens (tertiary/aromatic N) is 2. The van der Waals surface area contributed by atoms with Crippen LogP contribution in [0.2, 0.25) is 0 Å². The number of ether oxygens (including phenoxy) is 1. The Kier molecular flexibility index (Phi) is 2.60. The minimum Gasteiger partial charge on any atom is -0.463 e. The quantitative estimate of drug-likeness (QED) is 0.402. The van der Waals surface area contributed by atoms with Gasteiger partial charge in [0.25, 0.3) is 11.8 Å². The van der Waals surface area contributed by atoms with Crippen molar-refractivity contribution in [3.05, 3.63) is 0 Å². The number of fused-ring (bicyclic) bond motifs is 1. The largest absolute Gasteiger partial charge is 0.463 e. The molecule has 0 aromatic carbocycles. The van der Waals surface area contributed by atoms with Gasteiger partial charge in [-0.15, -0.1) is 0 Å². The van der Waals surface area contributed by atoms with Crippen molar-refractivity contribution in [3.63, 3.8) is 0 Å². The van der Waals surface area contributed by atoms with Gasteiger partial charge in [-0.1, -0.05) is 13.8 Å². The van der Waals surface area contributed by atoms with Crippen LogP contribution in [0.15, 0.2) is 0 Å². The molecule has 0 aromatic heterocycles. The van der Waals surface area contributed by atoms with E-state index in [1.54, 1.807) is 6.92 Å². The molecule has 17 heavy (non-hydrogen) atoms. The summed E-state index contributed by atoms with van der Waals surface area (Å²) in [7, 11) is 0. The molecule has 2 fully saturated rings. The Morgan fingerprint density at radius 1 is 1.18 bits per heavy atom. The second-order valence-corrected chi connectivity index (χ2v) is 4.21. The van der Waals surface area contributed by atoms with Gasteiger partial charge in [0.1, 0.15) is 5.41 Å². The summed E-state index contributed by atoms with van der Waals surface area (Å²) in [5.74, 6) is -1.08. The Morgan fingerprint density at radius 2 is 1.65 bits per heavy atom. The van der Waals surface area contributed by atoms with Crippen LogP contribution in [0.1, 0.15) is 33.6 Å². The van der Waals surface area contributed by atoms with Gasteiger partial charge in [-0.3, -0.25) is 9.59 Å². The van der Waals surface area contributed by atoms with Gasteiger partial charge in [-0.25, -0.2) is 14.8 Å². The fourth-order valence-corrected chi connectivity index (χ4v) is 2.39. The van der Waals surface area contributed by atoms with Gasteiger partial charge in [0.15, 0.2) is 0 Å². The van der Waals surface area contributed by atoms with Crippen LogP contribution in [0.3, 0.4) is 0 Å². The van der Waals surface area contributed by atoms with Crippen molar-refractivity contribution < 1.29 is 19.1 Å². The third-order valence-corrected chi connectivity index (χ3v) is 3.58. The highest BCUT2D eigenvalue weighted by Crippen LogP contribution is 2.48. The van der Waals surface area contributed by atoms with Crippen molar-refractivity contribution in [2.24, 2.45) is 5.41 Å². The molecule has 0 aromatic rings. The third-order valence-electron chi connectivity index (χ3n) is 3.58. The Bertz CT molecular complexity index is 365. The van der Waals surface area contributed by atoms with Gasteiger partial charge >= 0.3 is 5.97 Å². The fourth-order valence-electron chi connectivity index (χ4n) is 2.39. The minimum atomic E-state index is -0.955. The number of esters is 1. The van der Waals surface area contributed by atoms with Crippen LogP contribution in [0.25, 0.3) is 0 Å². The van der Waals surface area contributed by atoms with Crippen molar-refractivity contribution in [2.75, 3.05) is 6.61 Å². The summed E-state index contributed by atoms with van der Waals surface area (Å²) >= 11 is 0. The van der Waals surface area contributed by atoms with Crippen LogP contribution >= 0.6 is 0 Å². The maximum absolute atomic E-state index is 12.1. The summed E-state index contributed by atoms with van der Waals surface area (Å²) in [5.41, 5.74) is -0.955. The molecule has 0 saturated carbocycles. The molecule has 2 rings (SSSR count). The first kappa shape index (κ1) is 11.9. The summed E-state index contributed by atoms with van der Waals surface area (Å²) in [6, 6.07) is 0. The molecule has 2 saturated heterocycles. The molecule has 0 spiro atoms. The number of hydrogen-bond donors (Lipinski definition) is 0. The first-order valence-electron chi connectivity index (χ1n) is 5.89. The standard InChI is InChI=1S/C11H16N2O4/c1-4-11(5-2)9(15)12-7(8(14)17-6-3)13(12)10(11)16/h7H,4-6H2,1-3H3. The highest BCUT2D eigenvalue weighted by molar-refractivity contribution is 6.15. The maximum atomic E-state index is 12.1. The summed E-state index contributed by atoms with van der Waals surface area (Å²) in [4.78, 5) is 35.7. The molecule has 6 heteroatoms. The van der Waals surface area contributed by atoms with E-state index < -0.39 is 17.6 Å². The van der Waals surface area contributed by atoms with Gasteiger partial charge in [-0.2, -0.15) is 0 Å². The summed E-state index contributed by atoms with van der Waals surface area (Å²) in [6.45, 7) is 5.55. The van der Waals surface area contributed by atoms with Gasteiger partial charge in [0, 0.05) is 0 Å². The lowest BCUT2D eigenvalue weighted by molar-refractivity contribution is -0.151. The predicted molar refractivity (Wildman–Crippen MR) is 57.1 cm³/mol. The molecule has 2 heterocycles. The topological polar surface area (TPSA) is 66.5 Å². The van der Waals surface area contributed by atoms with Gasteiger partial charge in [0.2, 0.25) is 6.17 Å². The van der Waals surface area contributed by atoms with Crippen molar-refractivity contribution in [1.29, 1.82) is 0 Å². The molecule has 2 aliphatic heterocycles. The second-order valence-electron chi connectivity index (χ2n) is 4.21. The first-order valence-corrected chi connectivity index (χ1v) is 5.89. The predicted octanol–water partition coefficient (Wildman–Crippen LogP) is 0.281. The summed E-state index contributed by atoms with van der Waals surface area (Å²) in [5, 5.41) is 2.43. The molecule has 0 unspecified atom stereocenters. The third kappa shape index (κ3) is 1.29. The monoisotopic (exact) mass is 240 g/mol. The van der Waals surface area contributed by atoms with E-state index in [1.165, 1.54) is 10.0 Å². The zero-order valence-electron chi connectivity index (χ0n) is 10.2. The van der Waals surface area contributed by atoms with Crippen molar-refractivity contribution in [1.82, 2.24) is 10.0 Å². The van der Waals surface area contributed by atoms with Crippen molar-refractivity contribution >= 4 is 17.8 Å². The molecule has 0 N–H and O–H groups in total. The van der Waals surface area contributed by atoms with E-state index in [9.17, 15) is 14.4 Å². The van der Waals surface area contributed by atoms with Crippen LogP contribution < -0.4 is 0 Å². The summed E-state index contributed by atoms with van der Waals surface area (Å²) in [6.07, 6.45) is 0.106. The normalized spacial score (nSPS) is 21.8. The lowest BCUT2D eigenvalue weighted by Crippen LogP contribution is -2.41. The second kappa shape index (κ2) is 3.72. The molecule has 2 aliphatic rings.